The van der Waals surface area contributed by atoms with E-state index < -0.39 is 17.7 Å². The highest BCUT2D eigenvalue weighted by molar-refractivity contribution is 6.16. The maximum atomic E-state index is 13.1. The van der Waals surface area contributed by atoms with E-state index in [4.69, 9.17) is 0 Å². The van der Waals surface area contributed by atoms with E-state index in [1.807, 2.05) is 69.3 Å². The van der Waals surface area contributed by atoms with Crippen molar-refractivity contribution in [2.24, 2.45) is 5.92 Å². The number of rotatable bonds is 8. The highest BCUT2D eigenvalue weighted by Crippen LogP contribution is 2.42. The predicted octanol–water partition coefficient (Wildman–Crippen LogP) is 5.36. The number of carbonyl (C=O) groups excluding carboxylic acids is 2. The molecule has 0 spiro atoms. The average molecular weight is 421 g/mol. The van der Waals surface area contributed by atoms with Crippen molar-refractivity contribution >= 4 is 23.1 Å². The van der Waals surface area contributed by atoms with Crippen LogP contribution >= 0.6 is 0 Å². The first kappa shape index (κ1) is 22.6. The summed E-state index contributed by atoms with van der Waals surface area (Å²) in [6.45, 7) is 11.9. The summed E-state index contributed by atoms with van der Waals surface area (Å²) < 4.78 is 0. The fourth-order valence-corrected chi connectivity index (χ4v) is 4.11. The number of aryl methyl sites for hydroxylation is 1. The van der Waals surface area contributed by atoms with Crippen molar-refractivity contribution in [3.05, 3.63) is 71.0 Å². The average Bonchev–Trinajstić information content (AvgIpc) is 3.00. The zero-order valence-corrected chi connectivity index (χ0v) is 19.1. The third-order valence-electron chi connectivity index (χ3n) is 5.75. The van der Waals surface area contributed by atoms with Gasteiger partial charge in [0, 0.05) is 30.9 Å². The molecule has 31 heavy (non-hydrogen) atoms. The molecule has 1 aliphatic rings. The zero-order valence-electron chi connectivity index (χ0n) is 19.1. The van der Waals surface area contributed by atoms with E-state index in [2.05, 4.69) is 18.7 Å². The fourth-order valence-electron chi connectivity index (χ4n) is 4.11. The first-order chi connectivity index (χ1) is 14.8. The lowest BCUT2D eigenvalue weighted by molar-refractivity contribution is -0.118. The van der Waals surface area contributed by atoms with Gasteiger partial charge in [0.2, 0.25) is 0 Å². The normalized spacial score (nSPS) is 16.4. The molecule has 1 atom stereocenters. The standard InChI is InChI=1S/C26H32N2O3/c1-6-27(7-2)20-14-10-19(11-15-20)24-23(22(29)16-17(3)4)25(30)26(31)28(24)21-12-8-18(5)9-13-21/h8-15,17,24,30H,6-7,16H2,1-5H3. The summed E-state index contributed by atoms with van der Waals surface area (Å²) in [5.74, 6) is -1.03. The Balaban J connectivity index is 2.09. The first-order valence-corrected chi connectivity index (χ1v) is 11.0. The van der Waals surface area contributed by atoms with E-state index in [1.165, 1.54) is 4.90 Å². The van der Waals surface area contributed by atoms with Gasteiger partial charge >= 0.3 is 0 Å². The number of nitrogens with zero attached hydrogens (tertiary/aromatic N) is 2. The van der Waals surface area contributed by atoms with Crippen molar-refractivity contribution in [1.82, 2.24) is 0 Å². The molecule has 0 radical (unpaired) electrons. The van der Waals surface area contributed by atoms with E-state index in [0.29, 0.717) is 5.69 Å². The Bertz CT molecular complexity index is 971. The molecular weight excluding hydrogens is 388 g/mol. The number of carbonyl (C=O) groups is 2. The maximum absolute atomic E-state index is 13.1. The van der Waals surface area contributed by atoms with Crippen LogP contribution in [0.15, 0.2) is 59.9 Å². The lowest BCUT2D eigenvalue weighted by Crippen LogP contribution is -2.31. The van der Waals surface area contributed by atoms with Gasteiger partial charge in [-0.1, -0.05) is 43.7 Å². The molecule has 2 aromatic carbocycles. The van der Waals surface area contributed by atoms with Gasteiger partial charge in [-0.3, -0.25) is 14.5 Å². The smallest absolute Gasteiger partial charge is 0.294 e. The van der Waals surface area contributed by atoms with Gasteiger partial charge in [-0.15, -0.1) is 0 Å². The van der Waals surface area contributed by atoms with Crippen molar-refractivity contribution in [3.8, 4) is 0 Å². The number of aliphatic hydroxyl groups excluding tert-OH is 1. The van der Waals surface area contributed by atoms with Crippen LogP contribution in [0.4, 0.5) is 11.4 Å². The molecule has 2 aromatic rings. The lowest BCUT2D eigenvalue weighted by atomic mass is 9.92. The second-order valence-electron chi connectivity index (χ2n) is 8.46. The molecule has 3 rings (SSSR count). The first-order valence-electron chi connectivity index (χ1n) is 11.0. The second kappa shape index (κ2) is 9.38. The monoisotopic (exact) mass is 420 g/mol. The Kier molecular flexibility index (Phi) is 6.84. The predicted molar refractivity (Wildman–Crippen MR) is 126 cm³/mol. The lowest BCUT2D eigenvalue weighted by Gasteiger charge is -2.28. The van der Waals surface area contributed by atoms with Crippen LogP contribution in [-0.4, -0.2) is 29.9 Å². The number of anilines is 2. The molecule has 5 nitrogen and oxygen atoms in total. The zero-order chi connectivity index (χ0) is 22.7. The highest BCUT2D eigenvalue weighted by Gasteiger charge is 2.44. The van der Waals surface area contributed by atoms with Crippen LogP contribution in [0.2, 0.25) is 0 Å². The molecule has 5 heteroatoms. The highest BCUT2D eigenvalue weighted by atomic mass is 16.3. The summed E-state index contributed by atoms with van der Waals surface area (Å²) in [4.78, 5) is 30.0. The summed E-state index contributed by atoms with van der Waals surface area (Å²) in [5.41, 5.74) is 3.81. The van der Waals surface area contributed by atoms with E-state index >= 15 is 0 Å². The fraction of sp³-hybridized carbons (Fsp3) is 0.385. The van der Waals surface area contributed by atoms with Crippen LogP contribution in [0.5, 0.6) is 0 Å². The van der Waals surface area contributed by atoms with Crippen molar-refractivity contribution in [1.29, 1.82) is 0 Å². The van der Waals surface area contributed by atoms with Gasteiger partial charge in [0.15, 0.2) is 11.5 Å². The topological polar surface area (TPSA) is 60.9 Å². The molecule has 1 heterocycles. The number of aliphatic hydroxyl groups is 1. The minimum atomic E-state index is -0.646. The summed E-state index contributed by atoms with van der Waals surface area (Å²) in [7, 11) is 0. The Labute approximate surface area is 185 Å². The van der Waals surface area contributed by atoms with Crippen LogP contribution in [0.1, 0.15) is 51.3 Å². The molecular formula is C26H32N2O3. The number of Topliss-reactive ketones (excluding diaryl/α,β-unsaturated/α-hetero) is 1. The minimum Gasteiger partial charge on any atom is -0.503 e. The van der Waals surface area contributed by atoms with E-state index in [9.17, 15) is 14.7 Å². The van der Waals surface area contributed by atoms with Crippen molar-refractivity contribution in [3.63, 3.8) is 0 Å². The van der Waals surface area contributed by atoms with Crippen LogP contribution in [0, 0.1) is 12.8 Å². The molecule has 0 saturated carbocycles. The largest absolute Gasteiger partial charge is 0.503 e. The molecule has 164 valence electrons. The molecule has 1 aliphatic heterocycles. The molecule has 0 fully saturated rings. The van der Waals surface area contributed by atoms with Gasteiger partial charge in [-0.25, -0.2) is 0 Å². The molecule has 0 aliphatic carbocycles. The van der Waals surface area contributed by atoms with E-state index in [-0.39, 0.29) is 23.7 Å². The SMILES string of the molecule is CCN(CC)c1ccc(C2C(C(=O)CC(C)C)=C(O)C(=O)N2c2ccc(C)cc2)cc1. The Morgan fingerprint density at radius 3 is 2.13 bits per heavy atom. The summed E-state index contributed by atoms with van der Waals surface area (Å²) in [5, 5.41) is 10.7. The van der Waals surface area contributed by atoms with Crippen molar-refractivity contribution in [2.45, 2.75) is 47.1 Å². The second-order valence-corrected chi connectivity index (χ2v) is 8.46. The van der Waals surface area contributed by atoms with Gasteiger partial charge in [0.05, 0.1) is 11.6 Å². The van der Waals surface area contributed by atoms with Gasteiger partial charge in [-0.05, 0) is 56.5 Å². The molecule has 1 N–H and O–H groups in total. The van der Waals surface area contributed by atoms with Crippen LogP contribution in [0.25, 0.3) is 0 Å². The van der Waals surface area contributed by atoms with Gasteiger partial charge in [0.25, 0.3) is 5.91 Å². The third kappa shape index (κ3) is 4.50. The Morgan fingerprint density at radius 1 is 1.03 bits per heavy atom. The van der Waals surface area contributed by atoms with E-state index in [1.54, 1.807) is 0 Å². The number of benzene rings is 2. The van der Waals surface area contributed by atoms with Crippen LogP contribution < -0.4 is 9.80 Å². The molecule has 0 saturated heterocycles. The van der Waals surface area contributed by atoms with Crippen LogP contribution in [0.3, 0.4) is 0 Å². The van der Waals surface area contributed by atoms with Gasteiger partial charge in [-0.2, -0.15) is 0 Å². The van der Waals surface area contributed by atoms with E-state index in [0.717, 1.165) is 29.9 Å². The summed E-state index contributed by atoms with van der Waals surface area (Å²) in [6, 6.07) is 14.8. The molecule has 0 bridgehead atoms. The number of amides is 1. The quantitative estimate of drug-likeness (QED) is 0.625. The summed E-state index contributed by atoms with van der Waals surface area (Å²) >= 11 is 0. The number of hydrogen-bond acceptors (Lipinski definition) is 4. The Morgan fingerprint density at radius 2 is 1.61 bits per heavy atom. The third-order valence-corrected chi connectivity index (χ3v) is 5.75. The van der Waals surface area contributed by atoms with Gasteiger partial charge < -0.3 is 10.0 Å². The molecule has 1 amide bonds. The van der Waals surface area contributed by atoms with Crippen LogP contribution in [-0.2, 0) is 9.59 Å². The van der Waals surface area contributed by atoms with Gasteiger partial charge in [0.1, 0.15) is 0 Å². The molecule has 1 unspecified atom stereocenters. The minimum absolute atomic E-state index is 0.127. The number of hydrogen-bond donors (Lipinski definition) is 1. The number of ketones is 1. The summed E-state index contributed by atoms with van der Waals surface area (Å²) in [6.07, 6.45) is 0.280. The maximum Gasteiger partial charge on any atom is 0.294 e. The van der Waals surface area contributed by atoms with Crippen molar-refractivity contribution in [2.75, 3.05) is 22.9 Å². The molecule has 0 aromatic heterocycles. The Hall–Kier alpha value is -3.08. The van der Waals surface area contributed by atoms with Crippen molar-refractivity contribution < 1.29 is 14.7 Å².